The summed E-state index contributed by atoms with van der Waals surface area (Å²) in [5.41, 5.74) is 2.29. The molecule has 2 aromatic heterocycles. The standard InChI is InChI=1S/C14H21N5/c1-4-6-16-13(9-14-17-10-18-19(14)3)12-5-7-15-11(2)8-12/h5,7-8,10,13,16H,4,6,9H2,1-3H3. The normalized spacial score (nSPS) is 12.6. The van der Waals surface area contributed by atoms with Crippen molar-refractivity contribution in [1.29, 1.82) is 0 Å². The Labute approximate surface area is 114 Å². The smallest absolute Gasteiger partial charge is 0.138 e. The van der Waals surface area contributed by atoms with Crippen molar-refractivity contribution < 1.29 is 0 Å². The van der Waals surface area contributed by atoms with Crippen LogP contribution >= 0.6 is 0 Å². The minimum Gasteiger partial charge on any atom is -0.310 e. The van der Waals surface area contributed by atoms with Crippen LogP contribution in [0.2, 0.25) is 0 Å². The fourth-order valence-corrected chi connectivity index (χ4v) is 2.10. The van der Waals surface area contributed by atoms with Crippen molar-refractivity contribution >= 4 is 0 Å². The third-order valence-corrected chi connectivity index (χ3v) is 3.16. The zero-order valence-corrected chi connectivity index (χ0v) is 11.8. The molecule has 1 unspecified atom stereocenters. The summed E-state index contributed by atoms with van der Waals surface area (Å²) in [6, 6.07) is 4.45. The number of aromatic nitrogens is 4. The molecule has 2 rings (SSSR count). The molecule has 5 nitrogen and oxygen atoms in total. The van der Waals surface area contributed by atoms with Crippen molar-refractivity contribution in [2.45, 2.75) is 32.7 Å². The largest absolute Gasteiger partial charge is 0.310 e. The minimum absolute atomic E-state index is 0.254. The van der Waals surface area contributed by atoms with Crippen LogP contribution in [0, 0.1) is 6.92 Å². The van der Waals surface area contributed by atoms with Gasteiger partial charge in [0.1, 0.15) is 12.2 Å². The summed E-state index contributed by atoms with van der Waals surface area (Å²) >= 11 is 0. The van der Waals surface area contributed by atoms with Crippen LogP contribution < -0.4 is 5.32 Å². The second-order valence-electron chi connectivity index (χ2n) is 4.74. The highest BCUT2D eigenvalue weighted by molar-refractivity contribution is 5.20. The monoisotopic (exact) mass is 259 g/mol. The van der Waals surface area contributed by atoms with Crippen LogP contribution in [0.25, 0.3) is 0 Å². The van der Waals surface area contributed by atoms with E-state index in [0.717, 1.165) is 30.9 Å². The molecule has 1 atom stereocenters. The van der Waals surface area contributed by atoms with Gasteiger partial charge in [-0.15, -0.1) is 0 Å². The maximum atomic E-state index is 4.31. The molecule has 0 radical (unpaired) electrons. The van der Waals surface area contributed by atoms with Gasteiger partial charge in [0.2, 0.25) is 0 Å². The molecule has 0 aliphatic carbocycles. The van der Waals surface area contributed by atoms with Gasteiger partial charge < -0.3 is 5.32 Å². The summed E-state index contributed by atoms with van der Waals surface area (Å²) in [6.07, 6.45) is 5.41. The zero-order chi connectivity index (χ0) is 13.7. The molecule has 0 bridgehead atoms. The van der Waals surface area contributed by atoms with Crippen LogP contribution in [-0.2, 0) is 13.5 Å². The number of pyridine rings is 1. The molecule has 0 aromatic carbocycles. The summed E-state index contributed by atoms with van der Waals surface area (Å²) < 4.78 is 1.83. The van der Waals surface area contributed by atoms with Gasteiger partial charge in [-0.25, -0.2) is 4.98 Å². The summed E-state index contributed by atoms with van der Waals surface area (Å²) in [5.74, 6) is 0.989. The van der Waals surface area contributed by atoms with E-state index in [0.29, 0.717) is 0 Å². The number of nitrogens with zero attached hydrogens (tertiary/aromatic N) is 4. The molecule has 5 heteroatoms. The van der Waals surface area contributed by atoms with Gasteiger partial charge in [0.05, 0.1) is 0 Å². The molecule has 19 heavy (non-hydrogen) atoms. The fourth-order valence-electron chi connectivity index (χ4n) is 2.10. The van der Waals surface area contributed by atoms with E-state index in [1.807, 2.05) is 24.9 Å². The molecule has 2 aromatic rings. The summed E-state index contributed by atoms with van der Waals surface area (Å²) in [5, 5.41) is 7.70. The lowest BCUT2D eigenvalue weighted by molar-refractivity contribution is 0.506. The third-order valence-electron chi connectivity index (χ3n) is 3.16. The van der Waals surface area contributed by atoms with E-state index in [-0.39, 0.29) is 6.04 Å². The number of rotatable bonds is 6. The van der Waals surface area contributed by atoms with E-state index < -0.39 is 0 Å². The molecule has 0 amide bonds. The van der Waals surface area contributed by atoms with Crippen LogP contribution in [0.1, 0.15) is 36.5 Å². The molecule has 0 saturated heterocycles. The predicted octanol–water partition coefficient (Wildman–Crippen LogP) is 1.80. The molecule has 102 valence electrons. The average molecular weight is 259 g/mol. The average Bonchev–Trinajstić information content (AvgIpc) is 2.80. The summed E-state index contributed by atoms with van der Waals surface area (Å²) in [6.45, 7) is 5.18. The topological polar surface area (TPSA) is 55.6 Å². The van der Waals surface area contributed by atoms with Gasteiger partial charge in [-0.2, -0.15) is 5.10 Å². The van der Waals surface area contributed by atoms with Crippen LogP contribution in [0.3, 0.4) is 0 Å². The molecule has 0 aliphatic rings. The van der Waals surface area contributed by atoms with Crippen molar-refractivity contribution in [2.24, 2.45) is 7.05 Å². The molecular formula is C14H21N5. The first-order chi connectivity index (χ1) is 9.20. The zero-order valence-electron chi connectivity index (χ0n) is 11.8. The molecule has 1 N–H and O–H groups in total. The Balaban J connectivity index is 2.18. The second-order valence-corrected chi connectivity index (χ2v) is 4.74. The van der Waals surface area contributed by atoms with Crippen LogP contribution in [0.5, 0.6) is 0 Å². The Kier molecular flexibility index (Phi) is 4.63. The highest BCUT2D eigenvalue weighted by Crippen LogP contribution is 2.17. The highest BCUT2D eigenvalue weighted by Gasteiger charge is 2.14. The fraction of sp³-hybridized carbons (Fsp3) is 0.500. The van der Waals surface area contributed by atoms with Crippen LogP contribution in [0.15, 0.2) is 24.7 Å². The first-order valence-electron chi connectivity index (χ1n) is 6.69. The Morgan fingerprint density at radius 2 is 2.21 bits per heavy atom. The van der Waals surface area contributed by atoms with Crippen molar-refractivity contribution in [3.05, 3.63) is 41.7 Å². The van der Waals surface area contributed by atoms with E-state index in [1.54, 1.807) is 6.33 Å². The van der Waals surface area contributed by atoms with Crippen LogP contribution in [0.4, 0.5) is 0 Å². The first-order valence-corrected chi connectivity index (χ1v) is 6.69. The molecule has 0 aliphatic heterocycles. The summed E-state index contributed by atoms with van der Waals surface area (Å²) in [7, 11) is 1.93. The molecule has 2 heterocycles. The van der Waals surface area contributed by atoms with Gasteiger partial charge >= 0.3 is 0 Å². The number of nitrogens with one attached hydrogen (secondary N) is 1. The van der Waals surface area contributed by atoms with Gasteiger partial charge in [-0.1, -0.05) is 6.92 Å². The summed E-state index contributed by atoms with van der Waals surface area (Å²) in [4.78, 5) is 8.56. The number of hydrogen-bond acceptors (Lipinski definition) is 4. The van der Waals surface area contributed by atoms with E-state index in [1.165, 1.54) is 5.56 Å². The Bertz CT molecular complexity index is 520. The number of aryl methyl sites for hydroxylation is 2. The lowest BCUT2D eigenvalue weighted by Gasteiger charge is -2.18. The molecule has 0 spiro atoms. The van der Waals surface area contributed by atoms with E-state index in [9.17, 15) is 0 Å². The highest BCUT2D eigenvalue weighted by atomic mass is 15.3. The third kappa shape index (κ3) is 3.61. The van der Waals surface area contributed by atoms with Crippen molar-refractivity contribution in [1.82, 2.24) is 25.1 Å². The minimum atomic E-state index is 0.254. The number of hydrogen-bond donors (Lipinski definition) is 1. The van der Waals surface area contributed by atoms with E-state index in [2.05, 4.69) is 39.4 Å². The maximum absolute atomic E-state index is 4.31. The van der Waals surface area contributed by atoms with Gasteiger partial charge in [0.25, 0.3) is 0 Å². The Morgan fingerprint density at radius 1 is 1.37 bits per heavy atom. The van der Waals surface area contributed by atoms with Gasteiger partial charge in [-0.3, -0.25) is 9.67 Å². The van der Waals surface area contributed by atoms with Crippen molar-refractivity contribution in [3.63, 3.8) is 0 Å². The van der Waals surface area contributed by atoms with Gasteiger partial charge in [-0.05, 0) is 37.6 Å². The van der Waals surface area contributed by atoms with Gasteiger partial charge in [0.15, 0.2) is 0 Å². The lowest BCUT2D eigenvalue weighted by atomic mass is 10.0. The SMILES string of the molecule is CCCNC(Cc1ncnn1C)c1ccnc(C)c1. The first kappa shape index (κ1) is 13.7. The van der Waals surface area contributed by atoms with Gasteiger partial charge in [0, 0.05) is 31.4 Å². The Hall–Kier alpha value is -1.75. The predicted molar refractivity (Wildman–Crippen MR) is 74.7 cm³/mol. The Morgan fingerprint density at radius 3 is 2.84 bits per heavy atom. The molecule has 0 saturated carbocycles. The second kappa shape index (κ2) is 6.43. The van der Waals surface area contributed by atoms with E-state index >= 15 is 0 Å². The molecule has 0 fully saturated rings. The van der Waals surface area contributed by atoms with Crippen molar-refractivity contribution in [3.8, 4) is 0 Å². The van der Waals surface area contributed by atoms with E-state index in [4.69, 9.17) is 0 Å². The maximum Gasteiger partial charge on any atom is 0.138 e. The molecular weight excluding hydrogens is 238 g/mol. The van der Waals surface area contributed by atoms with Crippen molar-refractivity contribution in [2.75, 3.05) is 6.54 Å². The van der Waals surface area contributed by atoms with Crippen LogP contribution in [-0.4, -0.2) is 26.3 Å². The quantitative estimate of drug-likeness (QED) is 0.859. The lowest BCUT2D eigenvalue weighted by Crippen LogP contribution is -2.25.